The summed E-state index contributed by atoms with van der Waals surface area (Å²) in [5.41, 5.74) is 4.74. The quantitative estimate of drug-likeness (QED) is 0.777. The average molecular weight is 361 g/mol. The van der Waals surface area contributed by atoms with E-state index in [1.165, 1.54) is 11.1 Å². The number of aryl methyl sites for hydroxylation is 1. The Bertz CT molecular complexity index is 727. The van der Waals surface area contributed by atoms with E-state index >= 15 is 0 Å². The lowest BCUT2D eigenvalue weighted by molar-refractivity contribution is 0.0474. The molecule has 1 saturated heterocycles. The van der Waals surface area contributed by atoms with E-state index in [-0.39, 0.29) is 24.4 Å². The van der Waals surface area contributed by atoms with E-state index in [1.807, 2.05) is 30.3 Å². The van der Waals surface area contributed by atoms with Crippen LogP contribution >= 0.6 is 12.4 Å². The lowest BCUT2D eigenvalue weighted by atomic mass is 10.1. The minimum Gasteiger partial charge on any atom is -0.460 e. The van der Waals surface area contributed by atoms with Gasteiger partial charge in [-0.25, -0.2) is 4.79 Å². The largest absolute Gasteiger partial charge is 0.460 e. The molecule has 0 saturated carbocycles. The van der Waals surface area contributed by atoms with Gasteiger partial charge in [0.15, 0.2) is 0 Å². The number of esters is 1. The molecular weight excluding hydrogens is 336 g/mol. The van der Waals surface area contributed by atoms with Crippen LogP contribution in [0.4, 0.5) is 11.4 Å². The van der Waals surface area contributed by atoms with Gasteiger partial charge in [0.25, 0.3) is 0 Å². The molecule has 1 fully saturated rings. The second-order valence-electron chi connectivity index (χ2n) is 6.31. The number of carbonyl (C=O) groups excluding carboxylic acids is 1. The molecule has 1 heterocycles. The van der Waals surface area contributed by atoms with Gasteiger partial charge in [-0.15, -0.1) is 12.4 Å². The number of hydrogen-bond donors (Lipinski definition) is 2. The molecule has 1 unspecified atom stereocenters. The highest BCUT2D eigenvalue weighted by Gasteiger charge is 2.18. The van der Waals surface area contributed by atoms with Crippen molar-refractivity contribution in [3.63, 3.8) is 0 Å². The molecule has 5 heteroatoms. The number of halogens is 1. The molecule has 2 N–H and O–H groups in total. The first-order valence-corrected chi connectivity index (χ1v) is 8.48. The fourth-order valence-electron chi connectivity index (χ4n) is 2.95. The molecule has 0 radical (unpaired) electrons. The van der Waals surface area contributed by atoms with E-state index in [0.717, 1.165) is 30.8 Å². The second-order valence-corrected chi connectivity index (χ2v) is 6.31. The zero-order valence-corrected chi connectivity index (χ0v) is 15.5. The first kappa shape index (κ1) is 19.3. The smallest absolute Gasteiger partial charge is 0.340 e. The molecule has 2 aromatic carbocycles. The van der Waals surface area contributed by atoms with Crippen LogP contribution in [-0.2, 0) is 4.74 Å². The first-order chi connectivity index (χ1) is 11.6. The van der Waals surface area contributed by atoms with Crippen molar-refractivity contribution in [3.05, 3.63) is 59.2 Å². The third-order valence-corrected chi connectivity index (χ3v) is 4.60. The van der Waals surface area contributed by atoms with Crippen LogP contribution in [0.2, 0.25) is 0 Å². The molecule has 1 aliphatic heterocycles. The summed E-state index contributed by atoms with van der Waals surface area (Å²) >= 11 is 0. The number of nitrogens with one attached hydrogen (secondary N) is 2. The molecule has 134 valence electrons. The molecule has 0 aromatic heterocycles. The minimum absolute atomic E-state index is 0. The van der Waals surface area contributed by atoms with Crippen molar-refractivity contribution in [2.45, 2.75) is 32.7 Å². The van der Waals surface area contributed by atoms with Gasteiger partial charge < -0.3 is 15.4 Å². The van der Waals surface area contributed by atoms with Crippen molar-refractivity contribution < 1.29 is 9.53 Å². The summed E-state index contributed by atoms with van der Waals surface area (Å²) in [6.07, 6.45) is 2.21. The summed E-state index contributed by atoms with van der Waals surface area (Å²) < 4.78 is 5.50. The van der Waals surface area contributed by atoms with Crippen molar-refractivity contribution in [2.24, 2.45) is 0 Å². The van der Waals surface area contributed by atoms with Crippen LogP contribution in [0.5, 0.6) is 0 Å². The molecule has 0 bridgehead atoms. The monoisotopic (exact) mass is 360 g/mol. The Kier molecular flexibility index (Phi) is 6.85. The molecule has 25 heavy (non-hydrogen) atoms. The maximum atomic E-state index is 12.5. The number of ether oxygens (including phenoxy) is 1. The molecule has 1 atom stereocenters. The first-order valence-electron chi connectivity index (χ1n) is 8.48. The van der Waals surface area contributed by atoms with Gasteiger partial charge in [-0.1, -0.05) is 24.3 Å². The number of rotatable bonds is 5. The number of benzene rings is 2. The fourth-order valence-corrected chi connectivity index (χ4v) is 2.95. The SMILES string of the molecule is Cc1cccc(Nc2ccccc2C(=O)OCC2CCCN2)c1C.Cl. The molecule has 4 nitrogen and oxygen atoms in total. The summed E-state index contributed by atoms with van der Waals surface area (Å²) in [6.45, 7) is 5.59. The predicted octanol–water partition coefficient (Wildman–Crippen LogP) is 4.38. The van der Waals surface area contributed by atoms with Crippen LogP contribution in [0, 0.1) is 13.8 Å². The molecular formula is C20H25ClN2O2. The number of carbonyl (C=O) groups is 1. The Morgan fingerprint density at radius 3 is 2.68 bits per heavy atom. The average Bonchev–Trinajstić information content (AvgIpc) is 3.11. The highest BCUT2D eigenvalue weighted by molar-refractivity contribution is 5.96. The Labute approximate surface area is 155 Å². The third-order valence-electron chi connectivity index (χ3n) is 4.60. The summed E-state index contributed by atoms with van der Waals surface area (Å²) in [5.74, 6) is -0.280. The van der Waals surface area contributed by atoms with Crippen LogP contribution in [0.25, 0.3) is 0 Å². The van der Waals surface area contributed by atoms with Crippen LogP contribution < -0.4 is 10.6 Å². The van der Waals surface area contributed by atoms with E-state index in [0.29, 0.717) is 12.2 Å². The van der Waals surface area contributed by atoms with E-state index in [1.54, 1.807) is 6.07 Å². The van der Waals surface area contributed by atoms with Crippen LogP contribution in [0.1, 0.15) is 34.3 Å². The maximum absolute atomic E-state index is 12.5. The Morgan fingerprint density at radius 2 is 1.92 bits per heavy atom. The zero-order chi connectivity index (χ0) is 16.9. The van der Waals surface area contributed by atoms with Gasteiger partial charge in [0.05, 0.1) is 11.3 Å². The van der Waals surface area contributed by atoms with Crippen molar-refractivity contribution >= 4 is 29.8 Å². The normalized spacial score (nSPS) is 16.2. The third kappa shape index (κ3) is 4.74. The number of hydrogen-bond acceptors (Lipinski definition) is 4. The summed E-state index contributed by atoms with van der Waals surface area (Å²) in [6, 6.07) is 13.9. The maximum Gasteiger partial charge on any atom is 0.340 e. The molecule has 0 spiro atoms. The molecule has 0 aliphatic carbocycles. The Hall–Kier alpha value is -2.04. The number of anilines is 2. The Balaban J connectivity index is 0.00000225. The summed E-state index contributed by atoms with van der Waals surface area (Å²) in [4.78, 5) is 12.5. The van der Waals surface area contributed by atoms with Gasteiger partial charge >= 0.3 is 5.97 Å². The van der Waals surface area contributed by atoms with Crippen molar-refractivity contribution in [2.75, 3.05) is 18.5 Å². The molecule has 3 rings (SSSR count). The van der Waals surface area contributed by atoms with Crippen molar-refractivity contribution in [3.8, 4) is 0 Å². The van der Waals surface area contributed by atoms with Gasteiger partial charge in [-0.2, -0.15) is 0 Å². The highest BCUT2D eigenvalue weighted by atomic mass is 35.5. The molecule has 1 aliphatic rings. The summed E-state index contributed by atoms with van der Waals surface area (Å²) in [7, 11) is 0. The van der Waals surface area contributed by atoms with Crippen LogP contribution in [0.3, 0.4) is 0 Å². The fraction of sp³-hybridized carbons (Fsp3) is 0.350. The zero-order valence-electron chi connectivity index (χ0n) is 14.7. The van der Waals surface area contributed by atoms with Crippen LogP contribution in [0.15, 0.2) is 42.5 Å². The van der Waals surface area contributed by atoms with Crippen molar-refractivity contribution in [1.29, 1.82) is 0 Å². The minimum atomic E-state index is -0.280. The van der Waals surface area contributed by atoms with Gasteiger partial charge in [0.2, 0.25) is 0 Å². The lowest BCUT2D eigenvalue weighted by Crippen LogP contribution is -2.28. The number of para-hydroxylation sites is 1. The van der Waals surface area contributed by atoms with E-state index < -0.39 is 0 Å². The highest BCUT2D eigenvalue weighted by Crippen LogP contribution is 2.25. The standard InChI is InChI=1S/C20H24N2O2.ClH/c1-14-7-5-11-18(15(14)2)22-19-10-4-3-9-17(19)20(23)24-13-16-8-6-12-21-16;/h3-5,7,9-11,16,21-22H,6,8,12-13H2,1-2H3;1H. The van der Waals surface area contributed by atoms with Crippen LogP contribution in [-0.4, -0.2) is 25.2 Å². The van der Waals surface area contributed by atoms with E-state index in [4.69, 9.17) is 4.74 Å². The Morgan fingerprint density at radius 1 is 1.16 bits per heavy atom. The lowest BCUT2D eigenvalue weighted by Gasteiger charge is -2.15. The predicted molar refractivity (Wildman–Crippen MR) is 104 cm³/mol. The van der Waals surface area contributed by atoms with Gasteiger partial charge in [0.1, 0.15) is 6.61 Å². The van der Waals surface area contributed by atoms with E-state index in [9.17, 15) is 4.79 Å². The van der Waals surface area contributed by atoms with Gasteiger partial charge in [-0.05, 0) is 62.6 Å². The second kappa shape index (κ2) is 8.88. The van der Waals surface area contributed by atoms with Gasteiger partial charge in [-0.3, -0.25) is 0 Å². The topological polar surface area (TPSA) is 50.4 Å². The van der Waals surface area contributed by atoms with Crippen molar-refractivity contribution in [1.82, 2.24) is 5.32 Å². The van der Waals surface area contributed by atoms with E-state index in [2.05, 4.69) is 30.5 Å². The summed E-state index contributed by atoms with van der Waals surface area (Å²) in [5, 5.41) is 6.71. The molecule has 0 amide bonds. The molecule has 2 aromatic rings. The van der Waals surface area contributed by atoms with Gasteiger partial charge in [0, 0.05) is 11.7 Å².